The summed E-state index contributed by atoms with van der Waals surface area (Å²) in [5.74, 6) is -0.349. The van der Waals surface area contributed by atoms with Crippen molar-refractivity contribution >= 4 is 17.1 Å². The van der Waals surface area contributed by atoms with E-state index in [1.165, 1.54) is 23.5 Å². The lowest BCUT2D eigenvalue weighted by Crippen LogP contribution is -1.85. The summed E-state index contributed by atoms with van der Waals surface area (Å²) < 4.78 is 12.8. The molecule has 16 heavy (non-hydrogen) atoms. The number of thiazole rings is 1. The zero-order chi connectivity index (χ0) is 11.7. The van der Waals surface area contributed by atoms with Gasteiger partial charge in [-0.1, -0.05) is 18.7 Å². The summed E-state index contributed by atoms with van der Waals surface area (Å²) in [5.41, 5.74) is 1.30. The van der Waals surface area contributed by atoms with Gasteiger partial charge < -0.3 is 5.11 Å². The van der Waals surface area contributed by atoms with E-state index < -0.39 is 0 Å². The number of halogens is 1. The van der Waals surface area contributed by atoms with Crippen molar-refractivity contribution < 1.29 is 9.50 Å². The maximum Gasteiger partial charge on any atom is 0.135 e. The summed E-state index contributed by atoms with van der Waals surface area (Å²) >= 11 is 1.45. The minimum absolute atomic E-state index is 0.0660. The molecule has 0 fully saturated rings. The Morgan fingerprint density at radius 1 is 1.38 bits per heavy atom. The van der Waals surface area contributed by atoms with Crippen molar-refractivity contribution in [1.29, 1.82) is 0 Å². The monoisotopic (exact) mass is 235 g/mol. The van der Waals surface area contributed by atoms with Crippen molar-refractivity contribution in [2.24, 2.45) is 0 Å². The molecule has 4 heteroatoms. The molecule has 82 valence electrons. The Balaban J connectivity index is 2.55. The first kappa shape index (κ1) is 10.8. The maximum absolute atomic E-state index is 12.8. The van der Waals surface area contributed by atoms with Crippen LogP contribution in [-0.4, -0.2) is 10.1 Å². The maximum atomic E-state index is 12.8. The Bertz CT molecular complexity index is 530. The smallest absolute Gasteiger partial charge is 0.135 e. The first-order valence-corrected chi connectivity index (χ1v) is 5.51. The van der Waals surface area contributed by atoms with Crippen molar-refractivity contribution in [3.8, 4) is 10.4 Å². The van der Waals surface area contributed by atoms with Crippen LogP contribution in [0, 0.1) is 12.7 Å². The third-order valence-electron chi connectivity index (χ3n) is 2.11. The molecule has 0 spiro atoms. The molecule has 2 nitrogen and oxygen atoms in total. The lowest BCUT2D eigenvalue weighted by Gasteiger charge is -2.00. The molecule has 0 atom stereocenters. The second-order valence-electron chi connectivity index (χ2n) is 3.36. The standard InChI is InChI=1S/C12H10FNOS/c1-7(15)11-12(16-8(2)14-11)9-3-5-10(13)6-4-9/h3-6,15H,1H2,2H3. The van der Waals surface area contributed by atoms with Crippen LogP contribution in [0.2, 0.25) is 0 Å². The number of aliphatic hydroxyl groups is 1. The third-order valence-corrected chi connectivity index (χ3v) is 3.13. The summed E-state index contributed by atoms with van der Waals surface area (Å²) in [6, 6.07) is 6.09. The molecule has 1 aromatic carbocycles. The Hall–Kier alpha value is -1.68. The number of aliphatic hydroxyl groups excluding tert-OH is 1. The van der Waals surface area contributed by atoms with Crippen LogP contribution in [0.1, 0.15) is 10.7 Å². The Kier molecular flexibility index (Phi) is 2.75. The van der Waals surface area contributed by atoms with Gasteiger partial charge in [-0.05, 0) is 24.6 Å². The van der Waals surface area contributed by atoms with Gasteiger partial charge in [-0.2, -0.15) is 0 Å². The molecular weight excluding hydrogens is 225 g/mol. The van der Waals surface area contributed by atoms with Gasteiger partial charge in [0.05, 0.1) is 9.88 Å². The highest BCUT2D eigenvalue weighted by atomic mass is 32.1. The molecule has 2 aromatic rings. The van der Waals surface area contributed by atoms with Crippen molar-refractivity contribution in [2.45, 2.75) is 6.92 Å². The molecule has 1 N–H and O–H groups in total. The summed E-state index contributed by atoms with van der Waals surface area (Å²) in [4.78, 5) is 4.99. The first-order chi connectivity index (χ1) is 7.58. The van der Waals surface area contributed by atoms with E-state index in [9.17, 15) is 9.50 Å². The molecule has 0 aliphatic rings. The van der Waals surface area contributed by atoms with Gasteiger partial charge in [0.1, 0.15) is 17.3 Å². The Morgan fingerprint density at radius 2 is 2.00 bits per heavy atom. The van der Waals surface area contributed by atoms with Gasteiger partial charge in [-0.15, -0.1) is 11.3 Å². The molecule has 0 unspecified atom stereocenters. The molecule has 0 radical (unpaired) electrons. The number of hydrogen-bond acceptors (Lipinski definition) is 3. The van der Waals surface area contributed by atoms with Gasteiger partial charge in [0.15, 0.2) is 0 Å². The van der Waals surface area contributed by atoms with E-state index in [2.05, 4.69) is 11.6 Å². The fourth-order valence-corrected chi connectivity index (χ4v) is 2.37. The van der Waals surface area contributed by atoms with Gasteiger partial charge in [0, 0.05) is 0 Å². The van der Waals surface area contributed by atoms with E-state index in [-0.39, 0.29) is 11.6 Å². The van der Waals surface area contributed by atoms with E-state index in [4.69, 9.17) is 0 Å². The summed E-state index contributed by atoms with van der Waals surface area (Å²) in [7, 11) is 0. The lowest BCUT2D eigenvalue weighted by molar-refractivity contribution is 0.511. The fraction of sp³-hybridized carbons (Fsp3) is 0.0833. The van der Waals surface area contributed by atoms with Crippen molar-refractivity contribution in [3.05, 3.63) is 47.4 Å². The molecule has 1 heterocycles. The highest BCUT2D eigenvalue weighted by molar-refractivity contribution is 7.15. The summed E-state index contributed by atoms with van der Waals surface area (Å²) in [5, 5.41) is 10.2. The highest BCUT2D eigenvalue weighted by Crippen LogP contribution is 2.32. The van der Waals surface area contributed by atoms with Crippen LogP contribution < -0.4 is 0 Å². The van der Waals surface area contributed by atoms with Crippen LogP contribution in [0.15, 0.2) is 30.8 Å². The number of nitrogens with zero attached hydrogens (tertiary/aromatic N) is 1. The largest absolute Gasteiger partial charge is 0.506 e. The van der Waals surface area contributed by atoms with Crippen molar-refractivity contribution in [3.63, 3.8) is 0 Å². The predicted octanol–water partition coefficient (Wildman–Crippen LogP) is 3.79. The van der Waals surface area contributed by atoms with Crippen molar-refractivity contribution in [2.75, 3.05) is 0 Å². The van der Waals surface area contributed by atoms with Crippen LogP contribution in [0.25, 0.3) is 16.2 Å². The molecule has 0 aliphatic carbocycles. The first-order valence-electron chi connectivity index (χ1n) is 4.69. The van der Waals surface area contributed by atoms with Crippen LogP contribution in [0.3, 0.4) is 0 Å². The lowest BCUT2D eigenvalue weighted by atomic mass is 10.1. The number of hydrogen-bond donors (Lipinski definition) is 1. The van der Waals surface area contributed by atoms with Crippen LogP contribution in [0.4, 0.5) is 4.39 Å². The quantitative estimate of drug-likeness (QED) is 0.803. The molecule has 0 amide bonds. The molecule has 0 saturated carbocycles. The van der Waals surface area contributed by atoms with Gasteiger partial charge in [0.25, 0.3) is 0 Å². The zero-order valence-corrected chi connectivity index (χ0v) is 9.51. The Morgan fingerprint density at radius 3 is 2.56 bits per heavy atom. The minimum Gasteiger partial charge on any atom is -0.506 e. The topological polar surface area (TPSA) is 33.1 Å². The van der Waals surface area contributed by atoms with Gasteiger partial charge >= 0.3 is 0 Å². The van der Waals surface area contributed by atoms with E-state index in [0.717, 1.165) is 15.4 Å². The van der Waals surface area contributed by atoms with Crippen molar-refractivity contribution in [1.82, 2.24) is 4.98 Å². The van der Waals surface area contributed by atoms with E-state index in [1.807, 2.05) is 6.92 Å². The molecular formula is C12H10FNOS. The molecule has 0 saturated heterocycles. The fourth-order valence-electron chi connectivity index (χ4n) is 1.42. The summed E-state index contributed by atoms with van der Waals surface area (Å²) in [6.07, 6.45) is 0. The third kappa shape index (κ3) is 1.97. The highest BCUT2D eigenvalue weighted by Gasteiger charge is 2.13. The normalized spacial score (nSPS) is 10.4. The van der Waals surface area contributed by atoms with E-state index in [1.54, 1.807) is 12.1 Å². The van der Waals surface area contributed by atoms with E-state index >= 15 is 0 Å². The number of aryl methyl sites for hydroxylation is 1. The molecule has 0 bridgehead atoms. The second kappa shape index (κ2) is 4.06. The minimum atomic E-state index is -0.283. The molecule has 2 rings (SSSR count). The molecule has 1 aromatic heterocycles. The SMILES string of the molecule is C=C(O)c1nc(C)sc1-c1ccc(F)cc1. The second-order valence-corrected chi connectivity index (χ2v) is 4.57. The predicted molar refractivity (Wildman–Crippen MR) is 63.9 cm³/mol. The summed E-state index contributed by atoms with van der Waals surface area (Å²) in [6.45, 7) is 5.32. The average molecular weight is 235 g/mol. The van der Waals surface area contributed by atoms with Gasteiger partial charge in [-0.3, -0.25) is 0 Å². The van der Waals surface area contributed by atoms with E-state index in [0.29, 0.717) is 5.69 Å². The number of rotatable bonds is 2. The van der Waals surface area contributed by atoms with Gasteiger partial charge in [0.2, 0.25) is 0 Å². The average Bonchev–Trinajstić information content (AvgIpc) is 2.61. The van der Waals surface area contributed by atoms with Gasteiger partial charge in [-0.25, -0.2) is 9.37 Å². The number of aromatic nitrogens is 1. The number of benzene rings is 1. The molecule has 0 aliphatic heterocycles. The van der Waals surface area contributed by atoms with Crippen LogP contribution in [0.5, 0.6) is 0 Å². The Labute approximate surface area is 96.7 Å². The zero-order valence-electron chi connectivity index (χ0n) is 8.70. The van der Waals surface area contributed by atoms with Crippen LogP contribution in [-0.2, 0) is 0 Å². The van der Waals surface area contributed by atoms with Crippen LogP contribution >= 0.6 is 11.3 Å².